The highest BCUT2D eigenvalue weighted by Crippen LogP contribution is 2.30. The van der Waals surface area contributed by atoms with Crippen LogP contribution in [0.1, 0.15) is 0 Å². The third-order valence-corrected chi connectivity index (χ3v) is 3.79. The predicted octanol–water partition coefficient (Wildman–Crippen LogP) is 3.13. The number of ether oxygens (including phenoxy) is 3. The summed E-state index contributed by atoms with van der Waals surface area (Å²) in [4.78, 5) is 11.1. The van der Waals surface area contributed by atoms with E-state index in [4.69, 9.17) is 13.9 Å². The smallest absolute Gasteiger partial charge is 0.422 e. The van der Waals surface area contributed by atoms with E-state index < -0.39 is 18.9 Å². The Morgan fingerprint density at radius 1 is 1.19 bits per heavy atom. The van der Waals surface area contributed by atoms with Gasteiger partial charge in [0, 0.05) is 23.9 Å². The van der Waals surface area contributed by atoms with Crippen LogP contribution in [-0.4, -0.2) is 55.6 Å². The third-order valence-electron chi connectivity index (χ3n) is 2.97. The largest absolute Gasteiger partial charge is 0.497 e. The van der Waals surface area contributed by atoms with Crippen LogP contribution >= 0.6 is 11.8 Å². The summed E-state index contributed by atoms with van der Waals surface area (Å²) in [6, 6.07) is 5.09. The quantitative estimate of drug-likeness (QED) is 0.527. The maximum atomic E-state index is 11.9. The van der Waals surface area contributed by atoms with Crippen molar-refractivity contribution in [1.29, 1.82) is 0 Å². The molecular weight excluding hydrogens is 391 g/mol. The van der Waals surface area contributed by atoms with Crippen LogP contribution in [0.25, 0.3) is 11.5 Å². The Morgan fingerprint density at radius 2 is 1.85 bits per heavy atom. The molecule has 1 amide bonds. The molecule has 0 radical (unpaired) electrons. The van der Waals surface area contributed by atoms with E-state index in [1.54, 1.807) is 18.2 Å². The monoisotopic (exact) mass is 407 g/mol. The Hall–Kier alpha value is -2.63. The lowest BCUT2D eigenvalue weighted by molar-refractivity contribution is -0.160. The Balaban J connectivity index is 1.84. The molecule has 27 heavy (non-hydrogen) atoms. The molecule has 0 aliphatic carbocycles. The number of nitrogens with zero attached hydrogens (tertiary/aromatic N) is 2. The molecule has 0 spiro atoms. The lowest BCUT2D eigenvalue weighted by Crippen LogP contribution is -2.30. The Bertz CT molecular complexity index is 747. The highest BCUT2D eigenvalue weighted by Gasteiger charge is 2.29. The summed E-state index contributed by atoms with van der Waals surface area (Å²) in [6.07, 6.45) is -5.71. The number of amides is 1. The lowest BCUT2D eigenvalue weighted by Gasteiger charge is -2.08. The predicted molar refractivity (Wildman–Crippen MR) is 89.0 cm³/mol. The minimum atomic E-state index is -4.56. The van der Waals surface area contributed by atoms with Crippen molar-refractivity contribution >= 4 is 17.9 Å². The van der Waals surface area contributed by atoms with Crippen LogP contribution in [0.2, 0.25) is 0 Å². The van der Waals surface area contributed by atoms with Crippen LogP contribution in [0, 0.1) is 0 Å². The third kappa shape index (κ3) is 6.89. The van der Waals surface area contributed by atoms with Gasteiger partial charge >= 0.3 is 12.3 Å². The molecule has 0 unspecified atom stereocenters. The van der Waals surface area contributed by atoms with E-state index >= 15 is 0 Å². The number of methoxy groups -OCH3 is 2. The molecule has 12 heteroatoms. The van der Waals surface area contributed by atoms with Crippen molar-refractivity contribution in [2.24, 2.45) is 0 Å². The average molecular weight is 407 g/mol. The lowest BCUT2D eigenvalue weighted by atomic mass is 10.2. The Kier molecular flexibility index (Phi) is 7.16. The molecule has 0 fully saturated rings. The summed E-state index contributed by atoms with van der Waals surface area (Å²) < 4.78 is 55.6. The van der Waals surface area contributed by atoms with Crippen LogP contribution < -0.4 is 14.8 Å². The Morgan fingerprint density at radius 3 is 2.44 bits per heavy atom. The van der Waals surface area contributed by atoms with Gasteiger partial charge in [0.1, 0.15) is 11.5 Å². The van der Waals surface area contributed by atoms with E-state index in [0.29, 0.717) is 22.8 Å². The van der Waals surface area contributed by atoms with Gasteiger partial charge in [0.2, 0.25) is 5.89 Å². The van der Waals surface area contributed by atoms with Gasteiger partial charge < -0.3 is 23.9 Å². The zero-order valence-corrected chi connectivity index (χ0v) is 15.1. The molecule has 0 atom stereocenters. The molecular formula is C15H16F3N3O5S. The maximum Gasteiger partial charge on any atom is 0.422 e. The molecule has 0 saturated heterocycles. The van der Waals surface area contributed by atoms with E-state index in [1.807, 2.05) is 0 Å². The van der Waals surface area contributed by atoms with Crippen molar-refractivity contribution in [2.45, 2.75) is 11.4 Å². The summed E-state index contributed by atoms with van der Waals surface area (Å²) in [6.45, 7) is -1.57. The number of carbonyl (C=O) groups excluding carboxylic acids is 1. The van der Waals surface area contributed by atoms with Gasteiger partial charge in [-0.2, -0.15) is 13.2 Å². The van der Waals surface area contributed by atoms with E-state index in [2.05, 4.69) is 20.3 Å². The summed E-state index contributed by atoms with van der Waals surface area (Å²) in [5.74, 6) is 1.65. The molecule has 0 aliphatic heterocycles. The number of halogens is 3. The first-order valence-corrected chi connectivity index (χ1v) is 8.46. The highest BCUT2D eigenvalue weighted by molar-refractivity contribution is 7.99. The second-order valence-corrected chi connectivity index (χ2v) is 5.99. The van der Waals surface area contributed by atoms with Crippen molar-refractivity contribution in [3.8, 4) is 23.0 Å². The molecule has 2 rings (SSSR count). The number of alkyl carbamates (subject to hydrolysis) is 1. The van der Waals surface area contributed by atoms with Crippen molar-refractivity contribution in [2.75, 3.05) is 33.1 Å². The van der Waals surface area contributed by atoms with Crippen LogP contribution in [0.5, 0.6) is 11.5 Å². The summed E-state index contributed by atoms with van der Waals surface area (Å²) in [5.41, 5.74) is 0.597. The van der Waals surface area contributed by atoms with Crippen LogP contribution in [0.15, 0.2) is 27.8 Å². The Labute approximate surface area is 156 Å². The minimum Gasteiger partial charge on any atom is -0.497 e. The molecule has 1 aromatic heterocycles. The average Bonchev–Trinajstić information content (AvgIpc) is 3.11. The maximum absolute atomic E-state index is 11.9. The molecule has 148 valence electrons. The highest BCUT2D eigenvalue weighted by atomic mass is 32.2. The number of carbonyl (C=O) groups is 1. The fourth-order valence-electron chi connectivity index (χ4n) is 1.81. The van der Waals surface area contributed by atoms with E-state index in [9.17, 15) is 18.0 Å². The SMILES string of the molecule is COc1cc(OC)cc(-c2nnc(SCCNC(=O)OCC(F)(F)F)o2)c1. The molecule has 1 N–H and O–H groups in total. The zero-order chi connectivity index (χ0) is 19.9. The van der Waals surface area contributed by atoms with Gasteiger partial charge in [-0.15, -0.1) is 10.2 Å². The first kappa shape index (κ1) is 20.7. The van der Waals surface area contributed by atoms with Crippen molar-refractivity contribution in [3.63, 3.8) is 0 Å². The molecule has 8 nitrogen and oxygen atoms in total. The molecule has 0 bridgehead atoms. The number of rotatable bonds is 8. The normalized spacial score (nSPS) is 11.1. The van der Waals surface area contributed by atoms with Crippen LogP contribution in [-0.2, 0) is 4.74 Å². The zero-order valence-electron chi connectivity index (χ0n) is 14.3. The van der Waals surface area contributed by atoms with Crippen LogP contribution in [0.3, 0.4) is 0 Å². The van der Waals surface area contributed by atoms with Gasteiger partial charge in [0.05, 0.1) is 14.2 Å². The second kappa shape index (κ2) is 9.35. The summed E-state index contributed by atoms with van der Waals surface area (Å²) >= 11 is 1.13. The van der Waals surface area contributed by atoms with Crippen LogP contribution in [0.4, 0.5) is 18.0 Å². The van der Waals surface area contributed by atoms with Gasteiger partial charge in [0.15, 0.2) is 6.61 Å². The first-order chi connectivity index (χ1) is 12.8. The minimum absolute atomic E-state index is 0.0616. The molecule has 1 heterocycles. The van der Waals surface area contributed by atoms with Crippen molar-refractivity contribution < 1.29 is 36.6 Å². The van der Waals surface area contributed by atoms with Gasteiger partial charge in [-0.25, -0.2) is 4.79 Å². The van der Waals surface area contributed by atoms with E-state index in [-0.39, 0.29) is 17.7 Å². The molecule has 0 saturated carbocycles. The second-order valence-electron chi connectivity index (χ2n) is 4.94. The fraction of sp³-hybridized carbons (Fsp3) is 0.400. The van der Waals surface area contributed by atoms with Gasteiger partial charge in [0.25, 0.3) is 5.22 Å². The van der Waals surface area contributed by atoms with Crippen molar-refractivity contribution in [3.05, 3.63) is 18.2 Å². The number of alkyl halides is 3. The van der Waals surface area contributed by atoms with Crippen molar-refractivity contribution in [1.82, 2.24) is 15.5 Å². The number of benzene rings is 1. The molecule has 0 aliphatic rings. The van der Waals surface area contributed by atoms with Gasteiger partial charge in [-0.1, -0.05) is 11.8 Å². The molecule has 1 aromatic carbocycles. The number of hydrogen-bond acceptors (Lipinski definition) is 8. The number of thioether (sulfide) groups is 1. The topological polar surface area (TPSA) is 95.7 Å². The standard InChI is InChI=1S/C15H16F3N3O5S/c1-23-10-5-9(6-11(7-10)24-2)12-20-21-14(26-12)27-4-3-19-13(22)25-8-15(16,17)18/h5-7H,3-4,8H2,1-2H3,(H,19,22). The number of nitrogens with one attached hydrogen (secondary N) is 1. The fourth-order valence-corrected chi connectivity index (χ4v) is 2.42. The van der Waals surface area contributed by atoms with E-state index in [1.165, 1.54) is 14.2 Å². The van der Waals surface area contributed by atoms with E-state index in [0.717, 1.165) is 11.8 Å². The van der Waals surface area contributed by atoms with Gasteiger partial charge in [-0.05, 0) is 12.1 Å². The number of aromatic nitrogens is 2. The summed E-state index contributed by atoms with van der Waals surface area (Å²) in [5, 5.41) is 10.2. The number of hydrogen-bond donors (Lipinski definition) is 1. The summed E-state index contributed by atoms with van der Waals surface area (Å²) in [7, 11) is 3.03. The van der Waals surface area contributed by atoms with Gasteiger partial charge in [-0.3, -0.25) is 0 Å². The molecule has 2 aromatic rings. The first-order valence-electron chi connectivity index (χ1n) is 7.48.